The summed E-state index contributed by atoms with van der Waals surface area (Å²) in [5.74, 6) is -0.360. The number of piperidine rings is 1. The van der Waals surface area contributed by atoms with E-state index < -0.39 is 11.4 Å². The average molecular weight is 456 g/mol. The molecule has 1 fully saturated rings. The SMILES string of the molecule is CC(C)(O)c1nc(-c2ncn3c2c(=O)n(CCN2CCCC(O)C2)c2cc(F)ccc23)no1. The van der Waals surface area contributed by atoms with Crippen LogP contribution in [-0.4, -0.2) is 64.9 Å². The van der Waals surface area contributed by atoms with Crippen molar-refractivity contribution in [1.29, 1.82) is 0 Å². The number of imidazole rings is 1. The van der Waals surface area contributed by atoms with Crippen molar-refractivity contribution >= 4 is 16.6 Å². The summed E-state index contributed by atoms with van der Waals surface area (Å²) >= 11 is 0. The van der Waals surface area contributed by atoms with E-state index in [9.17, 15) is 19.4 Å². The van der Waals surface area contributed by atoms with E-state index in [0.29, 0.717) is 30.7 Å². The van der Waals surface area contributed by atoms with Crippen LogP contribution in [0.4, 0.5) is 4.39 Å². The Labute approximate surface area is 187 Å². The molecule has 2 N–H and O–H groups in total. The number of hydrogen-bond donors (Lipinski definition) is 2. The minimum atomic E-state index is -1.34. The van der Waals surface area contributed by atoms with Gasteiger partial charge < -0.3 is 19.3 Å². The number of halogens is 1. The van der Waals surface area contributed by atoms with Crippen molar-refractivity contribution in [1.82, 2.24) is 29.0 Å². The Kier molecular flexibility index (Phi) is 5.26. The van der Waals surface area contributed by atoms with Gasteiger partial charge in [0.05, 0.1) is 17.1 Å². The fourth-order valence-corrected chi connectivity index (χ4v) is 4.32. The molecule has 10 nitrogen and oxygen atoms in total. The van der Waals surface area contributed by atoms with Crippen LogP contribution in [0.3, 0.4) is 0 Å². The highest BCUT2D eigenvalue weighted by atomic mass is 19.1. The highest BCUT2D eigenvalue weighted by Gasteiger charge is 2.27. The van der Waals surface area contributed by atoms with Gasteiger partial charge in [-0.05, 0) is 51.4 Å². The monoisotopic (exact) mass is 456 g/mol. The third-order valence-electron chi connectivity index (χ3n) is 5.98. The van der Waals surface area contributed by atoms with Gasteiger partial charge in [0, 0.05) is 19.6 Å². The first-order chi connectivity index (χ1) is 15.7. The molecule has 4 aromatic rings. The van der Waals surface area contributed by atoms with E-state index in [1.165, 1.54) is 36.9 Å². The van der Waals surface area contributed by atoms with Crippen LogP contribution in [0.2, 0.25) is 0 Å². The van der Waals surface area contributed by atoms with E-state index in [4.69, 9.17) is 4.52 Å². The molecule has 0 radical (unpaired) electrons. The lowest BCUT2D eigenvalue weighted by Gasteiger charge is -2.30. The Morgan fingerprint density at radius 2 is 2.09 bits per heavy atom. The van der Waals surface area contributed by atoms with Gasteiger partial charge in [0.25, 0.3) is 11.4 Å². The summed E-state index contributed by atoms with van der Waals surface area (Å²) in [4.78, 5) is 24.3. The second kappa shape index (κ2) is 8.01. The Hall–Kier alpha value is -3.15. The van der Waals surface area contributed by atoms with Crippen LogP contribution in [0, 0.1) is 5.82 Å². The number of aliphatic hydroxyl groups is 2. The van der Waals surface area contributed by atoms with Crippen LogP contribution in [0.15, 0.2) is 33.8 Å². The van der Waals surface area contributed by atoms with Crippen molar-refractivity contribution in [2.75, 3.05) is 19.6 Å². The highest BCUT2D eigenvalue weighted by Crippen LogP contribution is 2.25. The van der Waals surface area contributed by atoms with Crippen LogP contribution in [-0.2, 0) is 12.1 Å². The van der Waals surface area contributed by atoms with E-state index in [1.54, 1.807) is 10.5 Å². The standard InChI is InChI=1S/C22H25FN6O4/c1-22(2,32)21-25-19(26-33-21)17-18-20(31)28(9-8-27-7-3-4-14(30)11-27)16-10-13(23)5-6-15(16)29(18)12-24-17/h5-6,10,12,14,30,32H,3-4,7-9,11H2,1-2H3. The number of benzene rings is 1. The molecule has 0 spiro atoms. The maximum Gasteiger partial charge on any atom is 0.277 e. The zero-order valence-corrected chi connectivity index (χ0v) is 18.4. The first kappa shape index (κ1) is 21.7. The zero-order valence-electron chi connectivity index (χ0n) is 18.4. The molecule has 0 aliphatic carbocycles. The summed E-state index contributed by atoms with van der Waals surface area (Å²) in [7, 11) is 0. The minimum absolute atomic E-state index is 0.00509. The van der Waals surface area contributed by atoms with Gasteiger partial charge >= 0.3 is 0 Å². The van der Waals surface area contributed by atoms with Crippen molar-refractivity contribution in [3.05, 3.63) is 46.6 Å². The normalized spacial score (nSPS) is 17.9. The second-order valence-corrected chi connectivity index (χ2v) is 8.98. The lowest BCUT2D eigenvalue weighted by Crippen LogP contribution is -2.40. The Bertz CT molecular complexity index is 1390. The predicted molar refractivity (Wildman–Crippen MR) is 117 cm³/mol. The molecule has 1 atom stereocenters. The smallest absolute Gasteiger partial charge is 0.277 e. The molecule has 1 aliphatic heterocycles. The molecule has 11 heteroatoms. The van der Waals surface area contributed by atoms with Crippen molar-refractivity contribution in [2.45, 2.75) is 44.9 Å². The topological polar surface area (TPSA) is 122 Å². The molecule has 0 saturated carbocycles. The maximum absolute atomic E-state index is 14.1. The summed E-state index contributed by atoms with van der Waals surface area (Å²) in [6.07, 6.45) is 2.75. The van der Waals surface area contributed by atoms with E-state index in [2.05, 4.69) is 20.0 Å². The second-order valence-electron chi connectivity index (χ2n) is 8.98. The minimum Gasteiger partial charge on any atom is -0.392 e. The number of likely N-dealkylation sites (tertiary alicyclic amines) is 1. The summed E-state index contributed by atoms with van der Waals surface area (Å²) in [5.41, 5.74) is -0.213. The quantitative estimate of drug-likeness (QED) is 0.464. The number of hydrogen-bond acceptors (Lipinski definition) is 8. The van der Waals surface area contributed by atoms with Gasteiger partial charge in [-0.1, -0.05) is 5.16 Å². The Morgan fingerprint density at radius 3 is 2.82 bits per heavy atom. The van der Waals surface area contributed by atoms with Gasteiger partial charge in [0.15, 0.2) is 0 Å². The molecule has 0 bridgehead atoms. The zero-order chi connectivity index (χ0) is 23.3. The lowest BCUT2D eigenvalue weighted by molar-refractivity contribution is 0.0420. The molecular weight excluding hydrogens is 431 g/mol. The first-order valence-electron chi connectivity index (χ1n) is 10.9. The molecule has 33 heavy (non-hydrogen) atoms. The molecule has 1 aromatic carbocycles. The fourth-order valence-electron chi connectivity index (χ4n) is 4.32. The van der Waals surface area contributed by atoms with Crippen molar-refractivity contribution in [2.24, 2.45) is 0 Å². The van der Waals surface area contributed by atoms with E-state index in [0.717, 1.165) is 19.4 Å². The average Bonchev–Trinajstić information content (AvgIpc) is 3.41. The molecule has 3 aromatic heterocycles. The van der Waals surface area contributed by atoms with Crippen molar-refractivity contribution < 1.29 is 19.1 Å². The van der Waals surface area contributed by atoms with Gasteiger partial charge in [-0.15, -0.1) is 0 Å². The van der Waals surface area contributed by atoms with Gasteiger partial charge in [-0.3, -0.25) is 14.1 Å². The van der Waals surface area contributed by atoms with E-state index in [-0.39, 0.29) is 34.6 Å². The molecule has 0 amide bonds. The van der Waals surface area contributed by atoms with Crippen molar-refractivity contribution in [3.63, 3.8) is 0 Å². The number of aliphatic hydroxyl groups excluding tert-OH is 1. The number of nitrogens with zero attached hydrogens (tertiary/aromatic N) is 6. The summed E-state index contributed by atoms with van der Waals surface area (Å²) in [6, 6.07) is 4.27. The van der Waals surface area contributed by atoms with Gasteiger partial charge in [0.2, 0.25) is 5.82 Å². The molecule has 1 unspecified atom stereocenters. The van der Waals surface area contributed by atoms with Gasteiger partial charge in [0.1, 0.15) is 29.0 Å². The number of rotatable bonds is 5. The molecule has 5 rings (SSSR count). The Morgan fingerprint density at radius 1 is 1.27 bits per heavy atom. The Balaban J connectivity index is 1.64. The van der Waals surface area contributed by atoms with Crippen LogP contribution in [0.1, 0.15) is 32.6 Å². The first-order valence-corrected chi connectivity index (χ1v) is 10.9. The number of β-amino-alcohol motifs (C(OH)–C–C–N with tert-alkyl or cyclic N) is 1. The van der Waals surface area contributed by atoms with Crippen LogP contribution < -0.4 is 5.56 Å². The molecule has 174 valence electrons. The van der Waals surface area contributed by atoms with E-state index >= 15 is 0 Å². The van der Waals surface area contributed by atoms with Crippen LogP contribution >= 0.6 is 0 Å². The van der Waals surface area contributed by atoms with Gasteiger partial charge in [-0.25, -0.2) is 9.37 Å². The maximum atomic E-state index is 14.1. The largest absolute Gasteiger partial charge is 0.392 e. The molecule has 1 saturated heterocycles. The predicted octanol–water partition coefficient (Wildman–Crippen LogP) is 1.52. The van der Waals surface area contributed by atoms with E-state index in [1.807, 2.05) is 0 Å². The van der Waals surface area contributed by atoms with Crippen LogP contribution in [0.25, 0.3) is 28.1 Å². The fraction of sp³-hybridized carbons (Fsp3) is 0.455. The summed E-state index contributed by atoms with van der Waals surface area (Å²) < 4.78 is 22.4. The molecular formula is C22H25FN6O4. The molecule has 4 heterocycles. The van der Waals surface area contributed by atoms with Crippen molar-refractivity contribution in [3.8, 4) is 11.5 Å². The highest BCUT2D eigenvalue weighted by molar-refractivity contribution is 5.83. The summed E-state index contributed by atoms with van der Waals surface area (Å²) in [5, 5.41) is 24.0. The number of fused-ring (bicyclic) bond motifs is 3. The van der Waals surface area contributed by atoms with Crippen LogP contribution in [0.5, 0.6) is 0 Å². The number of aromatic nitrogens is 5. The molecule has 1 aliphatic rings. The van der Waals surface area contributed by atoms with Gasteiger partial charge in [-0.2, -0.15) is 4.98 Å². The third-order valence-corrected chi connectivity index (χ3v) is 5.98. The lowest BCUT2D eigenvalue weighted by atomic mass is 10.1. The third kappa shape index (κ3) is 3.92. The summed E-state index contributed by atoms with van der Waals surface area (Å²) in [6.45, 7) is 5.26.